The second-order valence-electron chi connectivity index (χ2n) is 6.60. The summed E-state index contributed by atoms with van der Waals surface area (Å²) < 4.78 is 33.0. The first-order valence-electron chi connectivity index (χ1n) is 8.31. The summed E-state index contributed by atoms with van der Waals surface area (Å²) in [4.78, 5) is 4.46. The van der Waals surface area contributed by atoms with Crippen LogP contribution in [0.3, 0.4) is 0 Å². The molecule has 1 aliphatic rings. The SMILES string of the molecule is CC.CC(C)(C)c1nc2ccc(Cl)c(S(=O)(=O)N3CCCC3)c2o1. The molecule has 1 aliphatic heterocycles. The van der Waals surface area contributed by atoms with Crippen molar-refractivity contribution in [3.8, 4) is 0 Å². The number of hydrogen-bond acceptors (Lipinski definition) is 4. The van der Waals surface area contributed by atoms with Gasteiger partial charge in [0.2, 0.25) is 15.9 Å². The maximum Gasteiger partial charge on any atom is 0.248 e. The molecule has 1 aromatic heterocycles. The fourth-order valence-corrected chi connectivity index (χ4v) is 4.70. The lowest BCUT2D eigenvalue weighted by Crippen LogP contribution is -2.28. The van der Waals surface area contributed by atoms with Gasteiger partial charge in [-0.25, -0.2) is 13.4 Å². The zero-order valence-corrected chi connectivity index (χ0v) is 16.5. The van der Waals surface area contributed by atoms with Crippen molar-refractivity contribution in [1.29, 1.82) is 0 Å². The van der Waals surface area contributed by atoms with Gasteiger partial charge in [-0.3, -0.25) is 0 Å². The Morgan fingerprint density at radius 1 is 1.17 bits per heavy atom. The molecule has 1 aromatic carbocycles. The van der Waals surface area contributed by atoms with Gasteiger partial charge in [-0.2, -0.15) is 4.31 Å². The van der Waals surface area contributed by atoms with Crippen molar-refractivity contribution in [2.75, 3.05) is 13.1 Å². The van der Waals surface area contributed by atoms with E-state index in [0.29, 0.717) is 24.5 Å². The number of oxazole rings is 1. The first-order chi connectivity index (χ1) is 11.2. The van der Waals surface area contributed by atoms with Crippen molar-refractivity contribution in [2.45, 2.75) is 57.8 Å². The van der Waals surface area contributed by atoms with E-state index in [4.69, 9.17) is 16.0 Å². The minimum atomic E-state index is -3.66. The quantitative estimate of drug-likeness (QED) is 0.773. The summed E-state index contributed by atoms with van der Waals surface area (Å²) in [5, 5.41) is 0.177. The third-order valence-corrected chi connectivity index (χ3v) is 6.16. The molecule has 0 radical (unpaired) electrons. The van der Waals surface area contributed by atoms with E-state index in [2.05, 4.69) is 4.98 Å². The molecule has 2 aromatic rings. The summed E-state index contributed by atoms with van der Waals surface area (Å²) in [5.41, 5.74) is 0.469. The van der Waals surface area contributed by atoms with Gasteiger partial charge in [0, 0.05) is 18.5 Å². The van der Waals surface area contributed by atoms with Gasteiger partial charge in [-0.15, -0.1) is 0 Å². The van der Waals surface area contributed by atoms with Crippen LogP contribution in [0.4, 0.5) is 0 Å². The molecule has 1 fully saturated rings. The van der Waals surface area contributed by atoms with Crippen molar-refractivity contribution in [2.24, 2.45) is 0 Å². The number of benzene rings is 1. The number of rotatable bonds is 2. The van der Waals surface area contributed by atoms with E-state index in [1.807, 2.05) is 34.6 Å². The molecule has 2 heterocycles. The first-order valence-corrected chi connectivity index (χ1v) is 10.1. The van der Waals surface area contributed by atoms with E-state index in [9.17, 15) is 8.42 Å². The van der Waals surface area contributed by atoms with Crippen molar-refractivity contribution >= 4 is 32.7 Å². The molecule has 0 unspecified atom stereocenters. The van der Waals surface area contributed by atoms with Gasteiger partial charge in [0.25, 0.3) is 0 Å². The summed E-state index contributed by atoms with van der Waals surface area (Å²) in [6.07, 6.45) is 1.74. The van der Waals surface area contributed by atoms with E-state index in [-0.39, 0.29) is 20.9 Å². The van der Waals surface area contributed by atoms with Crippen LogP contribution >= 0.6 is 11.6 Å². The average molecular weight is 373 g/mol. The Hall–Kier alpha value is -1.11. The Labute approximate surface area is 149 Å². The van der Waals surface area contributed by atoms with Crippen LogP contribution in [0.2, 0.25) is 5.02 Å². The molecule has 134 valence electrons. The Bertz CT molecular complexity index is 816. The Kier molecular flexibility index (Phi) is 5.62. The van der Waals surface area contributed by atoms with Crippen molar-refractivity contribution in [3.05, 3.63) is 23.0 Å². The average Bonchev–Trinajstić information content (AvgIpc) is 3.17. The van der Waals surface area contributed by atoms with Crippen molar-refractivity contribution < 1.29 is 12.8 Å². The van der Waals surface area contributed by atoms with Gasteiger partial charge >= 0.3 is 0 Å². The van der Waals surface area contributed by atoms with Crippen LogP contribution in [-0.4, -0.2) is 30.8 Å². The molecule has 24 heavy (non-hydrogen) atoms. The lowest BCUT2D eigenvalue weighted by atomic mass is 9.97. The number of nitrogens with zero attached hydrogens (tertiary/aromatic N) is 2. The predicted molar refractivity (Wildman–Crippen MR) is 97.1 cm³/mol. The molecule has 5 nitrogen and oxygen atoms in total. The van der Waals surface area contributed by atoms with Gasteiger partial charge in [0.05, 0.1) is 5.02 Å². The van der Waals surface area contributed by atoms with Gasteiger partial charge in [-0.05, 0) is 25.0 Å². The van der Waals surface area contributed by atoms with E-state index >= 15 is 0 Å². The zero-order valence-electron chi connectivity index (χ0n) is 14.9. The molecular formula is C17H25ClN2O3S. The monoisotopic (exact) mass is 372 g/mol. The number of hydrogen-bond donors (Lipinski definition) is 0. The summed E-state index contributed by atoms with van der Waals surface area (Å²) in [6.45, 7) is 10.9. The molecule has 0 spiro atoms. The number of sulfonamides is 1. The molecule has 0 amide bonds. The van der Waals surface area contributed by atoms with Crippen LogP contribution in [0.5, 0.6) is 0 Å². The standard InChI is InChI=1S/C15H19ClN2O3S.C2H6/c1-15(2,3)14-17-11-7-6-10(16)13(12(11)21-14)22(19,20)18-8-4-5-9-18;1-2/h6-7H,4-5,8-9H2,1-3H3;1-2H3. The third kappa shape index (κ3) is 3.46. The molecule has 0 saturated carbocycles. The highest BCUT2D eigenvalue weighted by Crippen LogP contribution is 2.36. The van der Waals surface area contributed by atoms with Crippen LogP contribution < -0.4 is 0 Å². The van der Waals surface area contributed by atoms with Gasteiger partial charge in [-0.1, -0.05) is 46.2 Å². The summed E-state index contributed by atoms with van der Waals surface area (Å²) in [5.74, 6) is 0.502. The molecule has 0 atom stereocenters. The highest BCUT2D eigenvalue weighted by molar-refractivity contribution is 7.89. The van der Waals surface area contributed by atoms with E-state index in [1.54, 1.807) is 12.1 Å². The van der Waals surface area contributed by atoms with Crippen LogP contribution in [0.15, 0.2) is 21.4 Å². The van der Waals surface area contributed by atoms with Gasteiger partial charge in [0.1, 0.15) is 10.4 Å². The molecule has 3 rings (SSSR count). The summed E-state index contributed by atoms with van der Waals surface area (Å²) in [7, 11) is -3.66. The minimum Gasteiger partial charge on any atom is -0.439 e. The fraction of sp³-hybridized carbons (Fsp3) is 0.588. The fourth-order valence-electron chi connectivity index (χ4n) is 2.56. The second-order valence-corrected chi connectivity index (χ2v) is 8.89. The van der Waals surface area contributed by atoms with Gasteiger partial charge in [0.15, 0.2) is 5.58 Å². The largest absolute Gasteiger partial charge is 0.439 e. The van der Waals surface area contributed by atoms with Crippen LogP contribution in [-0.2, 0) is 15.4 Å². The van der Waals surface area contributed by atoms with E-state index in [0.717, 1.165) is 12.8 Å². The van der Waals surface area contributed by atoms with E-state index in [1.165, 1.54) is 4.31 Å². The first kappa shape index (κ1) is 19.2. The lowest BCUT2D eigenvalue weighted by molar-refractivity contribution is 0.407. The smallest absolute Gasteiger partial charge is 0.248 e. The predicted octanol–water partition coefficient (Wildman–Crippen LogP) is 4.59. The number of fused-ring (bicyclic) bond motifs is 1. The lowest BCUT2D eigenvalue weighted by Gasteiger charge is -2.16. The number of halogens is 1. The van der Waals surface area contributed by atoms with Crippen molar-refractivity contribution in [1.82, 2.24) is 9.29 Å². The van der Waals surface area contributed by atoms with Crippen LogP contribution in [0.25, 0.3) is 11.1 Å². The maximum absolute atomic E-state index is 12.9. The maximum atomic E-state index is 12.9. The highest BCUT2D eigenvalue weighted by atomic mass is 35.5. The number of aromatic nitrogens is 1. The summed E-state index contributed by atoms with van der Waals surface area (Å²) >= 11 is 6.20. The van der Waals surface area contributed by atoms with Crippen LogP contribution in [0, 0.1) is 0 Å². The van der Waals surface area contributed by atoms with Gasteiger partial charge < -0.3 is 4.42 Å². The van der Waals surface area contributed by atoms with Crippen molar-refractivity contribution in [3.63, 3.8) is 0 Å². The summed E-state index contributed by atoms with van der Waals surface area (Å²) in [6, 6.07) is 3.27. The highest BCUT2D eigenvalue weighted by Gasteiger charge is 2.33. The molecule has 0 N–H and O–H groups in total. The third-order valence-electron chi connectivity index (χ3n) is 3.77. The Balaban J connectivity index is 0.00000100. The molecular weight excluding hydrogens is 348 g/mol. The van der Waals surface area contributed by atoms with E-state index < -0.39 is 10.0 Å². The minimum absolute atomic E-state index is 0.0385. The Morgan fingerprint density at radius 2 is 1.75 bits per heavy atom. The molecule has 7 heteroatoms. The normalized spacial score (nSPS) is 16.2. The molecule has 0 bridgehead atoms. The molecule has 0 aliphatic carbocycles. The van der Waals surface area contributed by atoms with Crippen LogP contribution in [0.1, 0.15) is 53.4 Å². The zero-order chi connectivity index (χ0) is 18.1. The molecule has 1 saturated heterocycles. The topological polar surface area (TPSA) is 63.4 Å². The second kappa shape index (κ2) is 7.02. The Morgan fingerprint density at radius 3 is 2.29 bits per heavy atom.